The molecule has 0 aromatic rings. The van der Waals surface area contributed by atoms with Crippen molar-refractivity contribution in [3.63, 3.8) is 0 Å². The van der Waals surface area contributed by atoms with E-state index in [0.717, 1.165) is 52.0 Å². The van der Waals surface area contributed by atoms with Crippen molar-refractivity contribution in [3.8, 4) is 0 Å². The number of rotatable bonds is 5. The monoisotopic (exact) mass is 268 g/mol. The Balaban J connectivity index is 1.87. The number of carbonyl (C=O) groups is 1. The average Bonchev–Trinajstić information content (AvgIpc) is 2.48. The molecule has 2 aliphatic heterocycles. The standard InChI is InChI=1S/C15H28N2O2/c1-2-8-17(11-13-5-3-7-16-10-13)15(18)14-6-4-9-19-12-14/h13-14,16H,2-12H2,1H3. The maximum Gasteiger partial charge on any atom is 0.228 e. The minimum atomic E-state index is 0.108. The highest BCUT2D eigenvalue weighted by molar-refractivity contribution is 5.79. The van der Waals surface area contributed by atoms with Gasteiger partial charge in [0.15, 0.2) is 0 Å². The molecule has 0 bridgehead atoms. The van der Waals surface area contributed by atoms with Crippen molar-refractivity contribution in [2.75, 3.05) is 39.4 Å². The first kappa shape index (κ1) is 14.8. The second kappa shape index (κ2) is 7.85. The van der Waals surface area contributed by atoms with Crippen LogP contribution in [0, 0.1) is 11.8 Å². The molecule has 0 aromatic carbocycles. The van der Waals surface area contributed by atoms with E-state index in [0.29, 0.717) is 18.4 Å². The number of carbonyl (C=O) groups excluding carboxylic acids is 1. The Kier molecular flexibility index (Phi) is 6.11. The van der Waals surface area contributed by atoms with Crippen molar-refractivity contribution in [1.29, 1.82) is 0 Å². The number of piperidine rings is 1. The molecule has 4 nitrogen and oxygen atoms in total. The first-order valence-electron chi connectivity index (χ1n) is 7.88. The van der Waals surface area contributed by atoms with E-state index in [4.69, 9.17) is 4.74 Å². The zero-order valence-corrected chi connectivity index (χ0v) is 12.2. The molecular weight excluding hydrogens is 240 g/mol. The van der Waals surface area contributed by atoms with Crippen LogP contribution in [0.4, 0.5) is 0 Å². The zero-order valence-electron chi connectivity index (χ0n) is 12.2. The quantitative estimate of drug-likeness (QED) is 0.824. The van der Waals surface area contributed by atoms with Gasteiger partial charge in [0.1, 0.15) is 0 Å². The minimum Gasteiger partial charge on any atom is -0.381 e. The number of nitrogens with one attached hydrogen (secondary N) is 1. The second-order valence-electron chi connectivity index (χ2n) is 5.91. The van der Waals surface area contributed by atoms with Crippen LogP contribution in [0.1, 0.15) is 39.0 Å². The molecule has 110 valence electrons. The van der Waals surface area contributed by atoms with Crippen LogP contribution >= 0.6 is 0 Å². The molecule has 1 N–H and O–H groups in total. The molecule has 2 atom stereocenters. The molecule has 2 unspecified atom stereocenters. The highest BCUT2D eigenvalue weighted by Gasteiger charge is 2.28. The number of amides is 1. The van der Waals surface area contributed by atoms with Gasteiger partial charge in [0.05, 0.1) is 12.5 Å². The molecule has 2 aliphatic rings. The number of ether oxygens (including phenoxy) is 1. The molecule has 0 radical (unpaired) electrons. The maximum absolute atomic E-state index is 12.6. The molecule has 0 saturated carbocycles. The van der Waals surface area contributed by atoms with Gasteiger partial charge in [0.25, 0.3) is 0 Å². The van der Waals surface area contributed by atoms with E-state index in [1.165, 1.54) is 12.8 Å². The fourth-order valence-electron chi connectivity index (χ4n) is 3.15. The lowest BCUT2D eigenvalue weighted by molar-refractivity contribution is -0.140. The summed E-state index contributed by atoms with van der Waals surface area (Å²) in [4.78, 5) is 14.7. The van der Waals surface area contributed by atoms with Crippen molar-refractivity contribution in [2.24, 2.45) is 11.8 Å². The number of nitrogens with zero attached hydrogens (tertiary/aromatic N) is 1. The summed E-state index contributed by atoms with van der Waals surface area (Å²) in [6.45, 7) is 7.62. The summed E-state index contributed by atoms with van der Waals surface area (Å²) in [6, 6.07) is 0. The summed E-state index contributed by atoms with van der Waals surface area (Å²) in [5.41, 5.74) is 0. The van der Waals surface area contributed by atoms with Gasteiger partial charge in [0.2, 0.25) is 5.91 Å². The van der Waals surface area contributed by atoms with Crippen LogP contribution in [-0.2, 0) is 9.53 Å². The third kappa shape index (κ3) is 4.46. The van der Waals surface area contributed by atoms with Crippen LogP contribution in [0.25, 0.3) is 0 Å². The molecular formula is C15H28N2O2. The van der Waals surface area contributed by atoms with Gasteiger partial charge in [0, 0.05) is 19.7 Å². The lowest BCUT2D eigenvalue weighted by Gasteiger charge is -2.33. The summed E-state index contributed by atoms with van der Waals surface area (Å²) >= 11 is 0. The highest BCUT2D eigenvalue weighted by atomic mass is 16.5. The Morgan fingerprint density at radius 3 is 2.89 bits per heavy atom. The molecule has 4 heteroatoms. The van der Waals surface area contributed by atoms with Crippen molar-refractivity contribution >= 4 is 5.91 Å². The van der Waals surface area contributed by atoms with Crippen molar-refractivity contribution in [2.45, 2.75) is 39.0 Å². The van der Waals surface area contributed by atoms with Crippen molar-refractivity contribution < 1.29 is 9.53 Å². The molecule has 2 saturated heterocycles. The maximum atomic E-state index is 12.6. The zero-order chi connectivity index (χ0) is 13.5. The van der Waals surface area contributed by atoms with Gasteiger partial charge in [-0.05, 0) is 51.1 Å². The molecule has 2 heterocycles. The fraction of sp³-hybridized carbons (Fsp3) is 0.933. The average molecular weight is 268 g/mol. The predicted octanol–water partition coefficient (Wildman–Crippen LogP) is 1.65. The Bertz CT molecular complexity index is 271. The Hall–Kier alpha value is -0.610. The topological polar surface area (TPSA) is 41.6 Å². The largest absolute Gasteiger partial charge is 0.381 e. The second-order valence-corrected chi connectivity index (χ2v) is 5.91. The van der Waals surface area contributed by atoms with Gasteiger partial charge in [-0.25, -0.2) is 0 Å². The van der Waals surface area contributed by atoms with Crippen molar-refractivity contribution in [1.82, 2.24) is 10.2 Å². The van der Waals surface area contributed by atoms with Gasteiger partial charge in [-0.2, -0.15) is 0 Å². The van der Waals surface area contributed by atoms with E-state index in [1.807, 2.05) is 0 Å². The number of hydrogen-bond donors (Lipinski definition) is 1. The van der Waals surface area contributed by atoms with Gasteiger partial charge in [-0.15, -0.1) is 0 Å². The molecule has 0 spiro atoms. The third-order valence-corrected chi connectivity index (χ3v) is 4.19. The fourth-order valence-corrected chi connectivity index (χ4v) is 3.15. The summed E-state index contributed by atoms with van der Waals surface area (Å²) in [5, 5.41) is 3.44. The lowest BCUT2D eigenvalue weighted by Crippen LogP contribution is -2.45. The first-order chi connectivity index (χ1) is 9.31. The Morgan fingerprint density at radius 1 is 1.37 bits per heavy atom. The Morgan fingerprint density at radius 2 is 2.26 bits per heavy atom. The minimum absolute atomic E-state index is 0.108. The van der Waals surface area contributed by atoms with Gasteiger partial charge in [-0.1, -0.05) is 6.92 Å². The summed E-state index contributed by atoms with van der Waals surface area (Å²) < 4.78 is 5.46. The lowest BCUT2D eigenvalue weighted by atomic mass is 9.96. The Labute approximate surface area is 116 Å². The summed E-state index contributed by atoms with van der Waals surface area (Å²) in [7, 11) is 0. The third-order valence-electron chi connectivity index (χ3n) is 4.19. The van der Waals surface area contributed by atoms with Crippen LogP contribution in [0.2, 0.25) is 0 Å². The smallest absolute Gasteiger partial charge is 0.228 e. The van der Waals surface area contributed by atoms with E-state index in [1.54, 1.807) is 0 Å². The molecule has 2 rings (SSSR count). The normalized spacial score (nSPS) is 28.1. The summed E-state index contributed by atoms with van der Waals surface area (Å²) in [5.74, 6) is 1.07. The highest BCUT2D eigenvalue weighted by Crippen LogP contribution is 2.19. The molecule has 1 amide bonds. The van der Waals surface area contributed by atoms with E-state index in [-0.39, 0.29) is 5.92 Å². The van der Waals surface area contributed by atoms with E-state index in [2.05, 4.69) is 17.1 Å². The molecule has 19 heavy (non-hydrogen) atoms. The molecule has 0 aromatic heterocycles. The van der Waals surface area contributed by atoms with E-state index < -0.39 is 0 Å². The van der Waals surface area contributed by atoms with Crippen LogP contribution in [0.15, 0.2) is 0 Å². The number of hydrogen-bond acceptors (Lipinski definition) is 3. The van der Waals surface area contributed by atoms with Crippen molar-refractivity contribution in [3.05, 3.63) is 0 Å². The van der Waals surface area contributed by atoms with E-state index in [9.17, 15) is 4.79 Å². The summed E-state index contributed by atoms with van der Waals surface area (Å²) in [6.07, 6.45) is 5.57. The SMILES string of the molecule is CCCN(CC1CCCNC1)C(=O)C1CCCOC1. The van der Waals surface area contributed by atoms with Crippen LogP contribution < -0.4 is 5.32 Å². The molecule has 2 fully saturated rings. The predicted molar refractivity (Wildman–Crippen MR) is 76.0 cm³/mol. The van der Waals surface area contributed by atoms with Gasteiger partial charge < -0.3 is 15.0 Å². The molecule has 0 aliphatic carbocycles. The van der Waals surface area contributed by atoms with Crippen LogP contribution in [-0.4, -0.2) is 50.2 Å². The van der Waals surface area contributed by atoms with Crippen LogP contribution in [0.5, 0.6) is 0 Å². The van der Waals surface area contributed by atoms with Gasteiger partial charge in [-0.3, -0.25) is 4.79 Å². The van der Waals surface area contributed by atoms with Gasteiger partial charge >= 0.3 is 0 Å². The van der Waals surface area contributed by atoms with Crippen LogP contribution in [0.3, 0.4) is 0 Å². The first-order valence-corrected chi connectivity index (χ1v) is 7.88. The van der Waals surface area contributed by atoms with E-state index >= 15 is 0 Å².